The normalized spacial score (nSPS) is 22.6. The maximum Gasteiger partial charge on any atom is 0.253 e. The lowest BCUT2D eigenvalue weighted by atomic mass is 10.0. The van der Waals surface area contributed by atoms with Crippen LogP contribution in [0.1, 0.15) is 30.1 Å². The van der Waals surface area contributed by atoms with Crippen LogP contribution in [0, 0.1) is 0 Å². The predicted molar refractivity (Wildman–Crippen MR) is 106 cm³/mol. The van der Waals surface area contributed by atoms with Gasteiger partial charge in [0.15, 0.2) is 9.84 Å². The first kappa shape index (κ1) is 21.1. The van der Waals surface area contributed by atoms with Gasteiger partial charge in [0.2, 0.25) is 5.91 Å². The van der Waals surface area contributed by atoms with Crippen molar-refractivity contribution in [1.82, 2.24) is 10.6 Å². The average molecular weight is 419 g/mol. The van der Waals surface area contributed by atoms with E-state index in [9.17, 15) is 18.0 Å². The second kappa shape index (κ2) is 8.63. The number of benzene rings is 1. The van der Waals surface area contributed by atoms with Gasteiger partial charge in [-0.05, 0) is 43.9 Å². The number of halogens is 1. The Hall–Kier alpha value is -1.25. The van der Waals surface area contributed by atoms with Crippen LogP contribution in [0.5, 0.6) is 0 Å². The van der Waals surface area contributed by atoms with Crippen LogP contribution in [-0.2, 0) is 14.6 Å². The fraction of sp³-hybridized carbons (Fsp3) is 0.529. The maximum atomic E-state index is 12.7. The second-order valence-electron chi connectivity index (χ2n) is 6.68. The van der Waals surface area contributed by atoms with E-state index in [0.29, 0.717) is 29.2 Å². The van der Waals surface area contributed by atoms with E-state index in [0.717, 1.165) is 0 Å². The number of rotatable bonds is 7. The van der Waals surface area contributed by atoms with Crippen LogP contribution in [0.3, 0.4) is 0 Å². The molecule has 1 aromatic carbocycles. The summed E-state index contributed by atoms with van der Waals surface area (Å²) in [5.41, 5.74) is -0.506. The summed E-state index contributed by atoms with van der Waals surface area (Å²) in [4.78, 5) is 25.2. The van der Waals surface area contributed by atoms with E-state index in [1.54, 1.807) is 43.0 Å². The zero-order valence-electron chi connectivity index (χ0n) is 14.7. The van der Waals surface area contributed by atoms with Crippen molar-refractivity contribution in [2.75, 3.05) is 23.5 Å². The Morgan fingerprint density at radius 3 is 2.62 bits per heavy atom. The van der Waals surface area contributed by atoms with Crippen molar-refractivity contribution in [2.45, 2.75) is 31.3 Å². The second-order valence-corrected chi connectivity index (χ2v) is 10.3. The van der Waals surface area contributed by atoms with E-state index in [1.165, 1.54) is 0 Å². The van der Waals surface area contributed by atoms with E-state index in [1.807, 2.05) is 6.26 Å². The summed E-state index contributed by atoms with van der Waals surface area (Å²) < 4.78 is 23.5. The molecule has 1 heterocycles. The number of carbonyl (C=O) groups excluding carboxylic acids is 2. The van der Waals surface area contributed by atoms with E-state index in [4.69, 9.17) is 11.6 Å². The molecule has 2 amide bonds. The molecule has 6 nitrogen and oxygen atoms in total. The number of amides is 2. The molecule has 1 saturated heterocycles. The van der Waals surface area contributed by atoms with E-state index >= 15 is 0 Å². The Morgan fingerprint density at radius 2 is 2.04 bits per heavy atom. The summed E-state index contributed by atoms with van der Waals surface area (Å²) in [6.07, 6.45) is 2.72. The molecule has 0 bridgehead atoms. The molecular weight excluding hydrogens is 396 g/mol. The Morgan fingerprint density at radius 1 is 1.35 bits per heavy atom. The van der Waals surface area contributed by atoms with Crippen molar-refractivity contribution < 1.29 is 18.0 Å². The average Bonchev–Trinajstić information content (AvgIpc) is 2.84. The van der Waals surface area contributed by atoms with Gasteiger partial charge >= 0.3 is 0 Å². The standard InChI is InChI=1S/C17H23ClN2O4S2/c1-17(8-10-26(23,24)11-17)20-16(22)14(7-9-25-2)19-15(21)12-5-3-4-6-13(12)18/h3-6,14H,7-11H2,1-2H3,(H,19,21)(H,20,22)/t14-,17+/m0/s1. The highest BCUT2D eigenvalue weighted by molar-refractivity contribution is 7.98. The molecule has 0 saturated carbocycles. The molecular formula is C17H23ClN2O4S2. The molecule has 0 radical (unpaired) electrons. The summed E-state index contributed by atoms with van der Waals surface area (Å²) in [5.74, 6) is -0.152. The third-order valence-electron chi connectivity index (χ3n) is 4.28. The van der Waals surface area contributed by atoms with Crippen molar-refractivity contribution >= 4 is 45.0 Å². The molecule has 0 unspecified atom stereocenters. The van der Waals surface area contributed by atoms with Crippen LogP contribution in [0.15, 0.2) is 24.3 Å². The summed E-state index contributed by atoms with van der Waals surface area (Å²) in [6, 6.07) is 5.86. The fourth-order valence-corrected chi connectivity index (χ4v) is 5.67. The zero-order valence-corrected chi connectivity index (χ0v) is 17.1. The molecule has 1 fully saturated rings. The van der Waals surface area contributed by atoms with Crippen LogP contribution in [0.25, 0.3) is 0 Å². The quantitative estimate of drug-likeness (QED) is 0.705. The highest BCUT2D eigenvalue weighted by Crippen LogP contribution is 2.23. The first-order chi connectivity index (χ1) is 12.2. The lowest BCUT2D eigenvalue weighted by Gasteiger charge is -2.27. The topological polar surface area (TPSA) is 92.3 Å². The van der Waals surface area contributed by atoms with E-state index in [-0.39, 0.29) is 17.4 Å². The Bertz CT molecular complexity index is 785. The van der Waals surface area contributed by atoms with Gasteiger partial charge in [0.1, 0.15) is 6.04 Å². The molecule has 144 valence electrons. The van der Waals surface area contributed by atoms with E-state index in [2.05, 4.69) is 10.6 Å². The summed E-state index contributed by atoms with van der Waals surface area (Å²) >= 11 is 7.61. The van der Waals surface area contributed by atoms with Gasteiger partial charge < -0.3 is 10.6 Å². The van der Waals surface area contributed by atoms with E-state index < -0.39 is 27.3 Å². The molecule has 0 aliphatic carbocycles. The van der Waals surface area contributed by atoms with Crippen LogP contribution in [0.4, 0.5) is 0 Å². The highest BCUT2D eigenvalue weighted by Gasteiger charge is 2.40. The van der Waals surface area contributed by atoms with Crippen molar-refractivity contribution in [3.05, 3.63) is 34.9 Å². The Balaban J connectivity index is 2.10. The van der Waals surface area contributed by atoms with Gasteiger partial charge in [-0.15, -0.1) is 0 Å². The lowest BCUT2D eigenvalue weighted by molar-refractivity contribution is -0.124. The highest BCUT2D eigenvalue weighted by atomic mass is 35.5. The fourth-order valence-electron chi connectivity index (χ4n) is 2.88. The van der Waals surface area contributed by atoms with Gasteiger partial charge in [0, 0.05) is 0 Å². The number of sulfone groups is 1. The monoisotopic (exact) mass is 418 g/mol. The van der Waals surface area contributed by atoms with Gasteiger partial charge in [-0.2, -0.15) is 11.8 Å². The number of carbonyl (C=O) groups is 2. The van der Waals surface area contributed by atoms with Crippen molar-refractivity contribution in [3.8, 4) is 0 Å². The molecule has 9 heteroatoms. The number of hydrogen-bond acceptors (Lipinski definition) is 5. The molecule has 26 heavy (non-hydrogen) atoms. The maximum absolute atomic E-state index is 12.7. The van der Waals surface area contributed by atoms with Gasteiger partial charge in [-0.1, -0.05) is 23.7 Å². The summed E-state index contributed by atoms with van der Waals surface area (Å²) in [5, 5.41) is 5.85. The smallest absolute Gasteiger partial charge is 0.253 e. The van der Waals surface area contributed by atoms with Crippen LogP contribution in [-0.4, -0.2) is 55.3 Å². The summed E-state index contributed by atoms with van der Waals surface area (Å²) in [6.45, 7) is 1.72. The SMILES string of the molecule is CSCC[C@H](NC(=O)c1ccccc1Cl)C(=O)N[C@]1(C)CCS(=O)(=O)C1. The van der Waals surface area contributed by atoms with Crippen molar-refractivity contribution in [2.24, 2.45) is 0 Å². The first-order valence-electron chi connectivity index (χ1n) is 8.22. The van der Waals surface area contributed by atoms with Crippen LogP contribution < -0.4 is 10.6 Å². The molecule has 1 aliphatic rings. The zero-order chi connectivity index (χ0) is 19.4. The van der Waals surface area contributed by atoms with Crippen LogP contribution in [0.2, 0.25) is 5.02 Å². The minimum absolute atomic E-state index is 0.0608. The van der Waals surface area contributed by atoms with Crippen molar-refractivity contribution in [3.63, 3.8) is 0 Å². The minimum Gasteiger partial charge on any atom is -0.348 e. The van der Waals surface area contributed by atoms with Gasteiger partial charge in [-0.25, -0.2) is 8.42 Å². The lowest BCUT2D eigenvalue weighted by Crippen LogP contribution is -2.55. The molecule has 2 atom stereocenters. The summed E-state index contributed by atoms with van der Waals surface area (Å²) in [7, 11) is -3.14. The molecule has 2 rings (SSSR count). The third-order valence-corrected chi connectivity index (χ3v) is 7.16. The van der Waals surface area contributed by atoms with Gasteiger partial charge in [-0.3, -0.25) is 9.59 Å². The molecule has 2 N–H and O–H groups in total. The Kier molecular flexibility index (Phi) is 6.99. The first-order valence-corrected chi connectivity index (χ1v) is 11.8. The Labute approximate surface area is 163 Å². The molecule has 1 aromatic rings. The predicted octanol–water partition coefficient (Wildman–Crippen LogP) is 1.88. The largest absolute Gasteiger partial charge is 0.348 e. The van der Waals surface area contributed by atoms with Gasteiger partial charge in [0.25, 0.3) is 5.91 Å². The number of hydrogen-bond donors (Lipinski definition) is 2. The van der Waals surface area contributed by atoms with Gasteiger partial charge in [0.05, 0.1) is 27.6 Å². The molecule has 0 spiro atoms. The van der Waals surface area contributed by atoms with Crippen molar-refractivity contribution in [1.29, 1.82) is 0 Å². The molecule has 1 aliphatic heterocycles. The number of nitrogens with one attached hydrogen (secondary N) is 2. The number of thioether (sulfide) groups is 1. The minimum atomic E-state index is -3.14. The van der Waals surface area contributed by atoms with Crippen LogP contribution >= 0.6 is 23.4 Å². The molecule has 0 aromatic heterocycles. The third kappa shape index (κ3) is 5.62.